The van der Waals surface area contributed by atoms with Crippen molar-refractivity contribution in [2.45, 2.75) is 44.1 Å². The summed E-state index contributed by atoms with van der Waals surface area (Å²) in [4.78, 5) is 41.9. The molecule has 5 heterocycles. The Morgan fingerprint density at radius 2 is 1.97 bits per heavy atom. The van der Waals surface area contributed by atoms with Crippen LogP contribution in [0.5, 0.6) is 0 Å². The molecule has 2 amide bonds. The fourth-order valence-corrected chi connectivity index (χ4v) is 6.13. The number of carbonyl (C=O) groups is 3. The second-order valence-electron chi connectivity index (χ2n) is 9.33. The number of rotatable bonds is 3. The van der Waals surface area contributed by atoms with Gasteiger partial charge in [0.05, 0.1) is 36.3 Å². The number of nitrogens with zero attached hydrogens (tertiary/aromatic N) is 1. The number of benzene rings is 1. The van der Waals surface area contributed by atoms with Gasteiger partial charge in [-0.1, -0.05) is 36.8 Å². The first-order valence-electron chi connectivity index (χ1n) is 11.0. The highest BCUT2D eigenvalue weighted by atomic mass is 16.5. The SMILES string of the molecule is Cc1ccc(NC(=O)[C@@H]2[C@H]3C(=O)N4[C@@H](c5ccco5)CC(=O)[C@H](C)[C@@H]4[C@]34C=C[C@H]2O4)cc1. The molecule has 3 saturated heterocycles. The quantitative estimate of drug-likeness (QED) is 0.754. The number of piperidine rings is 1. The first kappa shape index (κ1) is 19.5. The highest BCUT2D eigenvalue weighted by Crippen LogP contribution is 2.59. The summed E-state index contributed by atoms with van der Waals surface area (Å²) in [6.45, 7) is 3.84. The third kappa shape index (κ3) is 2.48. The minimum atomic E-state index is -0.975. The van der Waals surface area contributed by atoms with E-state index in [1.165, 1.54) is 0 Å². The van der Waals surface area contributed by atoms with E-state index in [-0.39, 0.29) is 24.0 Å². The Morgan fingerprint density at radius 1 is 1.19 bits per heavy atom. The molecule has 7 atom stereocenters. The lowest BCUT2D eigenvalue weighted by Gasteiger charge is -2.43. The van der Waals surface area contributed by atoms with E-state index in [2.05, 4.69) is 5.32 Å². The Morgan fingerprint density at radius 3 is 2.69 bits per heavy atom. The number of ether oxygens (including phenoxy) is 1. The maximum absolute atomic E-state index is 13.9. The lowest BCUT2D eigenvalue weighted by molar-refractivity contribution is -0.147. The van der Waals surface area contributed by atoms with Gasteiger partial charge in [0.2, 0.25) is 11.8 Å². The zero-order chi connectivity index (χ0) is 22.2. The summed E-state index contributed by atoms with van der Waals surface area (Å²) >= 11 is 0. The summed E-state index contributed by atoms with van der Waals surface area (Å²) in [6.07, 6.45) is 5.05. The van der Waals surface area contributed by atoms with Crippen molar-refractivity contribution < 1.29 is 23.5 Å². The summed E-state index contributed by atoms with van der Waals surface area (Å²) in [5, 5.41) is 2.96. The van der Waals surface area contributed by atoms with Gasteiger partial charge in [-0.15, -0.1) is 0 Å². The molecule has 164 valence electrons. The number of Topliss-reactive ketones (excluding diaryl/α,β-unsaturated/α-hetero) is 1. The second kappa shape index (κ2) is 6.65. The highest BCUT2D eigenvalue weighted by molar-refractivity contribution is 6.00. The molecule has 1 aromatic carbocycles. The molecule has 2 aromatic rings. The minimum absolute atomic E-state index is 0.0727. The van der Waals surface area contributed by atoms with E-state index in [1.807, 2.05) is 50.3 Å². The molecular weight excluding hydrogens is 408 g/mol. The maximum atomic E-state index is 13.9. The number of hydrogen-bond donors (Lipinski definition) is 1. The van der Waals surface area contributed by atoms with Gasteiger partial charge in [-0.2, -0.15) is 0 Å². The van der Waals surface area contributed by atoms with Crippen molar-refractivity contribution >= 4 is 23.3 Å². The molecule has 1 N–H and O–H groups in total. The standard InChI is InChI=1S/C25H24N2O5/c1-13-5-7-15(8-6-13)26-23(29)20-19-9-10-25(32-19)21(20)24(30)27-16(18-4-3-11-31-18)12-17(28)14(2)22(25)27/h3-11,14,16,19-22H,12H2,1-2H3,(H,26,29)/t14-,16+,19+,20-,21-,22+,25-/m0/s1. The van der Waals surface area contributed by atoms with Crippen molar-refractivity contribution in [3.8, 4) is 0 Å². The molecule has 4 aliphatic heterocycles. The minimum Gasteiger partial charge on any atom is -0.467 e. The molecule has 0 aliphatic carbocycles. The van der Waals surface area contributed by atoms with E-state index < -0.39 is 41.5 Å². The monoisotopic (exact) mass is 432 g/mol. The number of anilines is 1. The van der Waals surface area contributed by atoms with Crippen LogP contribution in [0.25, 0.3) is 0 Å². The molecule has 2 bridgehead atoms. The largest absolute Gasteiger partial charge is 0.467 e. The van der Waals surface area contributed by atoms with Gasteiger partial charge in [0, 0.05) is 18.0 Å². The number of nitrogens with one attached hydrogen (secondary N) is 1. The number of ketones is 1. The van der Waals surface area contributed by atoms with Crippen molar-refractivity contribution in [2.24, 2.45) is 17.8 Å². The highest BCUT2D eigenvalue weighted by Gasteiger charge is 2.74. The summed E-state index contributed by atoms with van der Waals surface area (Å²) in [7, 11) is 0. The predicted molar refractivity (Wildman–Crippen MR) is 114 cm³/mol. The van der Waals surface area contributed by atoms with Gasteiger partial charge in [0.25, 0.3) is 0 Å². The first-order chi connectivity index (χ1) is 15.4. The fraction of sp³-hybridized carbons (Fsp3) is 0.400. The topological polar surface area (TPSA) is 88.9 Å². The zero-order valence-corrected chi connectivity index (χ0v) is 17.9. The van der Waals surface area contributed by atoms with Gasteiger partial charge < -0.3 is 19.4 Å². The summed E-state index contributed by atoms with van der Waals surface area (Å²) in [6, 6.07) is 10.2. The number of hydrogen-bond acceptors (Lipinski definition) is 5. The lowest BCUT2D eigenvalue weighted by atomic mass is 9.70. The van der Waals surface area contributed by atoms with Gasteiger partial charge in [0.15, 0.2) is 0 Å². The van der Waals surface area contributed by atoms with Crippen LogP contribution >= 0.6 is 0 Å². The molecule has 6 rings (SSSR count). The van der Waals surface area contributed by atoms with Gasteiger partial charge in [-0.05, 0) is 31.2 Å². The van der Waals surface area contributed by atoms with Crippen molar-refractivity contribution in [1.29, 1.82) is 0 Å². The third-order valence-electron chi connectivity index (χ3n) is 7.57. The predicted octanol–water partition coefficient (Wildman–Crippen LogP) is 3.03. The Labute approximate surface area is 185 Å². The Kier molecular flexibility index (Phi) is 4.05. The van der Waals surface area contributed by atoms with Crippen LogP contribution in [0, 0.1) is 24.7 Å². The van der Waals surface area contributed by atoms with Crippen LogP contribution in [0.15, 0.2) is 59.2 Å². The van der Waals surface area contributed by atoms with E-state index in [4.69, 9.17) is 9.15 Å². The number of fused-ring (bicyclic) bond motifs is 2. The van der Waals surface area contributed by atoms with Gasteiger partial charge >= 0.3 is 0 Å². The molecular formula is C25H24N2O5. The average molecular weight is 432 g/mol. The fourth-order valence-electron chi connectivity index (χ4n) is 6.13. The molecule has 1 spiro atoms. The number of aryl methyl sites for hydroxylation is 1. The molecule has 0 unspecified atom stereocenters. The molecule has 1 aromatic heterocycles. The Bertz CT molecular complexity index is 1140. The summed E-state index contributed by atoms with van der Waals surface area (Å²) < 4.78 is 12.0. The molecule has 7 heteroatoms. The smallest absolute Gasteiger partial charge is 0.231 e. The summed E-state index contributed by atoms with van der Waals surface area (Å²) in [5.74, 6) is -1.44. The molecule has 0 saturated carbocycles. The molecule has 7 nitrogen and oxygen atoms in total. The molecule has 3 fully saturated rings. The average Bonchev–Trinajstić information content (AvgIpc) is 3.54. The van der Waals surface area contributed by atoms with Crippen molar-refractivity contribution in [3.05, 3.63) is 66.1 Å². The van der Waals surface area contributed by atoms with Gasteiger partial charge in [-0.25, -0.2) is 0 Å². The number of amides is 2. The van der Waals surface area contributed by atoms with Crippen molar-refractivity contribution in [3.63, 3.8) is 0 Å². The van der Waals surface area contributed by atoms with Gasteiger partial charge in [-0.3, -0.25) is 14.4 Å². The maximum Gasteiger partial charge on any atom is 0.231 e. The lowest BCUT2D eigenvalue weighted by Crippen LogP contribution is -2.55. The van der Waals surface area contributed by atoms with Crippen LogP contribution < -0.4 is 5.32 Å². The van der Waals surface area contributed by atoms with Crippen LogP contribution in [0.4, 0.5) is 5.69 Å². The van der Waals surface area contributed by atoms with Crippen molar-refractivity contribution in [2.75, 3.05) is 5.32 Å². The van der Waals surface area contributed by atoms with Crippen LogP contribution in [0.3, 0.4) is 0 Å². The van der Waals surface area contributed by atoms with Gasteiger partial charge in [0.1, 0.15) is 17.1 Å². The molecule has 0 radical (unpaired) electrons. The van der Waals surface area contributed by atoms with Crippen LogP contribution in [0.1, 0.15) is 30.7 Å². The summed E-state index contributed by atoms with van der Waals surface area (Å²) in [5.41, 5.74) is 0.803. The normalized spacial score (nSPS) is 37.0. The van der Waals surface area contributed by atoms with E-state index in [1.54, 1.807) is 23.3 Å². The molecule has 4 aliphatic rings. The third-order valence-corrected chi connectivity index (χ3v) is 7.57. The van der Waals surface area contributed by atoms with E-state index in [0.29, 0.717) is 11.4 Å². The number of furan rings is 1. The van der Waals surface area contributed by atoms with Crippen molar-refractivity contribution in [1.82, 2.24) is 4.90 Å². The van der Waals surface area contributed by atoms with Crippen LogP contribution in [0.2, 0.25) is 0 Å². The van der Waals surface area contributed by atoms with Crippen LogP contribution in [-0.4, -0.2) is 40.2 Å². The molecule has 32 heavy (non-hydrogen) atoms. The Hall–Kier alpha value is -3.19. The van der Waals surface area contributed by atoms with Crippen LogP contribution in [-0.2, 0) is 19.1 Å². The van der Waals surface area contributed by atoms with E-state index in [9.17, 15) is 14.4 Å². The van der Waals surface area contributed by atoms with E-state index in [0.717, 1.165) is 5.56 Å². The zero-order valence-electron chi connectivity index (χ0n) is 17.9. The Balaban J connectivity index is 1.38. The second-order valence-corrected chi connectivity index (χ2v) is 9.33. The van der Waals surface area contributed by atoms with E-state index >= 15 is 0 Å². The number of carbonyl (C=O) groups excluding carboxylic acids is 3. The first-order valence-corrected chi connectivity index (χ1v) is 11.0.